The van der Waals surface area contributed by atoms with Gasteiger partial charge in [0.15, 0.2) is 5.96 Å². The highest BCUT2D eigenvalue weighted by Gasteiger charge is 2.27. The normalized spacial score (nSPS) is 21.7. The van der Waals surface area contributed by atoms with Gasteiger partial charge in [-0.25, -0.2) is 4.39 Å². The Morgan fingerprint density at radius 2 is 1.93 bits per heavy atom. The summed E-state index contributed by atoms with van der Waals surface area (Å²) in [5.41, 5.74) is 0.952. The predicted octanol–water partition coefficient (Wildman–Crippen LogP) is 3.90. The summed E-state index contributed by atoms with van der Waals surface area (Å²) in [5.74, 6) is 1.46. The Morgan fingerprint density at radius 3 is 2.59 bits per heavy atom. The minimum absolute atomic E-state index is 0. The molecule has 1 aromatic rings. The molecule has 0 amide bonds. The van der Waals surface area contributed by atoms with E-state index in [9.17, 15) is 4.39 Å². The molecule has 2 aliphatic rings. The first kappa shape index (κ1) is 24.3. The molecule has 2 saturated heterocycles. The number of guanidine groups is 1. The average Bonchev–Trinajstić information content (AvgIpc) is 3.18. The first-order valence-electron chi connectivity index (χ1n) is 10.7. The van der Waals surface area contributed by atoms with E-state index in [0.29, 0.717) is 6.54 Å². The van der Waals surface area contributed by atoms with Gasteiger partial charge in [-0.05, 0) is 62.9 Å². The Labute approximate surface area is 192 Å². The van der Waals surface area contributed by atoms with Crippen LogP contribution in [0.1, 0.15) is 44.3 Å². The summed E-state index contributed by atoms with van der Waals surface area (Å²) in [4.78, 5) is 9.87. The molecule has 3 rings (SSSR count). The molecule has 0 aromatic heterocycles. The molecule has 2 unspecified atom stereocenters. The molecular formula is C22H36FIN4O. The van der Waals surface area contributed by atoms with Gasteiger partial charge in [0.05, 0.1) is 6.54 Å². The summed E-state index contributed by atoms with van der Waals surface area (Å²) in [6, 6.07) is 6.50. The molecule has 2 heterocycles. The highest BCUT2D eigenvalue weighted by Crippen LogP contribution is 2.21. The summed E-state index contributed by atoms with van der Waals surface area (Å²) in [7, 11) is 1.68. The lowest BCUT2D eigenvalue weighted by atomic mass is 10.1. The van der Waals surface area contributed by atoms with Crippen molar-refractivity contribution in [3.63, 3.8) is 0 Å². The van der Waals surface area contributed by atoms with E-state index in [1.54, 1.807) is 19.2 Å². The molecule has 0 spiro atoms. The molecule has 2 fully saturated rings. The van der Waals surface area contributed by atoms with Crippen molar-refractivity contribution < 1.29 is 9.13 Å². The summed E-state index contributed by atoms with van der Waals surface area (Å²) in [6.45, 7) is 9.33. The van der Waals surface area contributed by atoms with Crippen molar-refractivity contribution in [2.24, 2.45) is 10.9 Å². The largest absolute Gasteiger partial charge is 0.375 e. The van der Waals surface area contributed by atoms with E-state index in [0.717, 1.165) is 37.1 Å². The molecule has 29 heavy (non-hydrogen) atoms. The van der Waals surface area contributed by atoms with Gasteiger partial charge in [0.25, 0.3) is 0 Å². The Morgan fingerprint density at radius 1 is 1.21 bits per heavy atom. The van der Waals surface area contributed by atoms with E-state index < -0.39 is 0 Å². The predicted molar refractivity (Wildman–Crippen MR) is 128 cm³/mol. The second kappa shape index (κ2) is 12.7. The average molecular weight is 518 g/mol. The third-order valence-electron chi connectivity index (χ3n) is 5.82. The number of benzene rings is 1. The zero-order valence-corrected chi connectivity index (χ0v) is 20.1. The highest BCUT2D eigenvalue weighted by molar-refractivity contribution is 14.0. The second-order valence-corrected chi connectivity index (χ2v) is 7.93. The quantitative estimate of drug-likeness (QED) is 0.338. The smallest absolute Gasteiger partial charge is 0.194 e. The van der Waals surface area contributed by atoms with Gasteiger partial charge in [-0.2, -0.15) is 0 Å². The monoisotopic (exact) mass is 518 g/mol. The molecule has 5 nitrogen and oxygen atoms in total. The topological polar surface area (TPSA) is 40.1 Å². The molecule has 0 radical (unpaired) electrons. The number of likely N-dealkylation sites (tertiary alicyclic amines) is 2. The number of hydrogen-bond donors (Lipinski definition) is 1. The van der Waals surface area contributed by atoms with Crippen molar-refractivity contribution in [1.29, 1.82) is 0 Å². The van der Waals surface area contributed by atoms with Crippen LogP contribution in [-0.4, -0.2) is 68.7 Å². The number of halogens is 2. The first-order valence-corrected chi connectivity index (χ1v) is 10.7. The number of piperidine rings is 1. The van der Waals surface area contributed by atoms with Gasteiger partial charge in [-0.3, -0.25) is 4.99 Å². The van der Waals surface area contributed by atoms with Gasteiger partial charge in [-0.15, -0.1) is 24.0 Å². The van der Waals surface area contributed by atoms with Crippen LogP contribution >= 0.6 is 24.0 Å². The lowest BCUT2D eigenvalue weighted by molar-refractivity contribution is 0.110. The van der Waals surface area contributed by atoms with Crippen LogP contribution in [0.25, 0.3) is 0 Å². The third kappa shape index (κ3) is 7.36. The van der Waals surface area contributed by atoms with Crippen molar-refractivity contribution in [1.82, 2.24) is 15.1 Å². The fourth-order valence-electron chi connectivity index (χ4n) is 4.27. The lowest BCUT2D eigenvalue weighted by Crippen LogP contribution is -2.41. The highest BCUT2D eigenvalue weighted by atomic mass is 127. The third-order valence-corrected chi connectivity index (χ3v) is 5.82. The minimum Gasteiger partial charge on any atom is -0.375 e. The molecule has 1 N–H and O–H groups in total. The number of hydrogen-bond acceptors (Lipinski definition) is 3. The Balaban J connectivity index is 0.00000300. The Hall–Kier alpha value is -0.930. The molecule has 0 saturated carbocycles. The fourth-order valence-corrected chi connectivity index (χ4v) is 4.27. The van der Waals surface area contributed by atoms with Gasteiger partial charge in [-0.1, -0.05) is 18.6 Å². The molecule has 0 aliphatic carbocycles. The molecule has 7 heteroatoms. The standard InChI is InChI=1S/C22H35FN4O.HI/c1-3-24-22(25-15-21(28-2)19-7-9-20(23)10-8-19)27-14-11-18(17-27)16-26-12-5-4-6-13-26;/h7-10,18,21H,3-6,11-17H2,1-2H3,(H,24,25);1H. The van der Waals surface area contributed by atoms with Crippen LogP contribution in [0.4, 0.5) is 4.39 Å². The van der Waals surface area contributed by atoms with Crippen molar-refractivity contribution in [3.05, 3.63) is 35.6 Å². The molecule has 2 aliphatic heterocycles. The fraction of sp³-hybridized carbons (Fsp3) is 0.682. The van der Waals surface area contributed by atoms with Gasteiger partial charge in [0.2, 0.25) is 0 Å². The van der Waals surface area contributed by atoms with E-state index >= 15 is 0 Å². The number of methoxy groups -OCH3 is 1. The maximum atomic E-state index is 13.2. The SMILES string of the molecule is CCNC(=NCC(OC)c1ccc(F)cc1)N1CCC(CN2CCCCC2)C1.I. The van der Waals surface area contributed by atoms with E-state index in [2.05, 4.69) is 22.0 Å². The molecule has 164 valence electrons. The lowest BCUT2D eigenvalue weighted by Gasteiger charge is -2.29. The van der Waals surface area contributed by atoms with Crippen molar-refractivity contribution >= 4 is 29.9 Å². The van der Waals surface area contributed by atoms with E-state index in [4.69, 9.17) is 9.73 Å². The van der Waals surface area contributed by atoms with E-state index in [-0.39, 0.29) is 35.9 Å². The maximum Gasteiger partial charge on any atom is 0.194 e. The molecule has 2 atom stereocenters. The number of aliphatic imine (C=N–C) groups is 1. The van der Waals surface area contributed by atoms with Crippen molar-refractivity contribution in [2.75, 3.05) is 52.9 Å². The van der Waals surface area contributed by atoms with Crippen LogP contribution < -0.4 is 5.32 Å². The summed E-state index contributed by atoms with van der Waals surface area (Å²) >= 11 is 0. The van der Waals surface area contributed by atoms with Crippen LogP contribution in [0.5, 0.6) is 0 Å². The van der Waals surface area contributed by atoms with E-state index in [1.807, 2.05) is 0 Å². The van der Waals surface area contributed by atoms with Gasteiger partial charge in [0, 0.05) is 33.3 Å². The zero-order valence-electron chi connectivity index (χ0n) is 17.8. The van der Waals surface area contributed by atoms with Crippen LogP contribution in [0, 0.1) is 11.7 Å². The van der Waals surface area contributed by atoms with Crippen LogP contribution in [0.2, 0.25) is 0 Å². The maximum absolute atomic E-state index is 13.2. The Bertz CT molecular complexity index is 622. The second-order valence-electron chi connectivity index (χ2n) is 7.93. The Kier molecular flexibility index (Phi) is 10.7. The first-order chi connectivity index (χ1) is 13.7. The van der Waals surface area contributed by atoms with Crippen molar-refractivity contribution in [2.45, 2.75) is 38.7 Å². The van der Waals surface area contributed by atoms with Crippen LogP contribution in [0.15, 0.2) is 29.3 Å². The van der Waals surface area contributed by atoms with Gasteiger partial charge < -0.3 is 19.9 Å². The summed E-state index contributed by atoms with van der Waals surface area (Å²) < 4.78 is 18.8. The summed E-state index contributed by atoms with van der Waals surface area (Å²) in [5, 5.41) is 3.44. The van der Waals surface area contributed by atoms with Gasteiger partial charge in [0.1, 0.15) is 11.9 Å². The number of nitrogens with one attached hydrogen (secondary N) is 1. The van der Waals surface area contributed by atoms with Crippen LogP contribution in [-0.2, 0) is 4.74 Å². The molecule has 0 bridgehead atoms. The van der Waals surface area contributed by atoms with Crippen LogP contribution in [0.3, 0.4) is 0 Å². The molecular weight excluding hydrogens is 482 g/mol. The number of ether oxygens (including phenoxy) is 1. The number of nitrogens with zero attached hydrogens (tertiary/aromatic N) is 3. The molecule has 1 aromatic carbocycles. The van der Waals surface area contributed by atoms with E-state index in [1.165, 1.54) is 57.5 Å². The minimum atomic E-state index is -0.229. The summed E-state index contributed by atoms with van der Waals surface area (Å²) in [6.07, 6.45) is 5.15. The zero-order chi connectivity index (χ0) is 19.8. The van der Waals surface area contributed by atoms with Gasteiger partial charge >= 0.3 is 0 Å². The number of rotatable bonds is 7. The van der Waals surface area contributed by atoms with Crippen molar-refractivity contribution in [3.8, 4) is 0 Å².